The van der Waals surface area contributed by atoms with Gasteiger partial charge in [-0.25, -0.2) is 9.38 Å². The lowest BCUT2D eigenvalue weighted by Gasteiger charge is -2.17. The third-order valence-corrected chi connectivity index (χ3v) is 2.41. The largest absolute Gasteiger partial charge is 0.463 e. The molecule has 0 amide bonds. The molecular formula is C11H13FN2O. The fraction of sp³-hybridized carbons (Fsp3) is 0.364. The number of halogens is 1. The molecule has 0 saturated heterocycles. The van der Waals surface area contributed by atoms with Crippen LogP contribution in [0.2, 0.25) is 0 Å². The summed E-state index contributed by atoms with van der Waals surface area (Å²) in [6.07, 6.45) is 0.702. The van der Waals surface area contributed by atoms with E-state index in [0.717, 1.165) is 5.56 Å². The highest BCUT2D eigenvalue weighted by Gasteiger charge is 2.30. The normalized spacial score (nSPS) is 24.8. The van der Waals surface area contributed by atoms with Gasteiger partial charge in [0, 0.05) is 6.42 Å². The van der Waals surface area contributed by atoms with Gasteiger partial charge in [0.05, 0.1) is 0 Å². The molecule has 1 unspecified atom stereocenters. The Morgan fingerprint density at radius 2 is 2.13 bits per heavy atom. The minimum atomic E-state index is -0.318. The van der Waals surface area contributed by atoms with Gasteiger partial charge in [-0.05, 0) is 24.6 Å². The average Bonchev–Trinajstić information content (AvgIpc) is 2.50. The van der Waals surface area contributed by atoms with Gasteiger partial charge in [0.15, 0.2) is 0 Å². The van der Waals surface area contributed by atoms with Gasteiger partial charge in [0.25, 0.3) is 6.02 Å². The van der Waals surface area contributed by atoms with Crippen LogP contribution in [0.5, 0.6) is 0 Å². The Bertz CT molecular complexity index is 388. The van der Waals surface area contributed by atoms with Crippen molar-refractivity contribution in [2.24, 2.45) is 10.7 Å². The van der Waals surface area contributed by atoms with E-state index in [9.17, 15) is 4.39 Å². The zero-order valence-electron chi connectivity index (χ0n) is 8.53. The molecule has 0 saturated carbocycles. The van der Waals surface area contributed by atoms with Crippen molar-refractivity contribution >= 4 is 6.02 Å². The minimum absolute atomic E-state index is 0.227. The molecule has 80 valence electrons. The highest BCUT2D eigenvalue weighted by molar-refractivity contribution is 5.73. The second-order valence-electron chi connectivity index (χ2n) is 4.04. The molecule has 2 rings (SSSR count). The smallest absolute Gasteiger partial charge is 0.282 e. The molecule has 1 heterocycles. The molecule has 15 heavy (non-hydrogen) atoms. The van der Waals surface area contributed by atoms with Crippen molar-refractivity contribution in [3.05, 3.63) is 35.6 Å². The summed E-state index contributed by atoms with van der Waals surface area (Å²) >= 11 is 0. The summed E-state index contributed by atoms with van der Waals surface area (Å²) < 4.78 is 17.8. The van der Waals surface area contributed by atoms with Crippen molar-refractivity contribution in [1.82, 2.24) is 0 Å². The molecule has 3 nitrogen and oxygen atoms in total. The lowest BCUT2D eigenvalue weighted by Crippen LogP contribution is -2.26. The van der Waals surface area contributed by atoms with Crippen molar-refractivity contribution in [2.75, 3.05) is 6.61 Å². The molecule has 1 aliphatic rings. The molecule has 1 aromatic carbocycles. The van der Waals surface area contributed by atoms with Gasteiger partial charge in [-0.2, -0.15) is 0 Å². The van der Waals surface area contributed by atoms with E-state index in [0.29, 0.717) is 13.0 Å². The molecule has 0 aliphatic carbocycles. The summed E-state index contributed by atoms with van der Waals surface area (Å²) in [5, 5.41) is 0. The molecule has 1 aliphatic heterocycles. The topological polar surface area (TPSA) is 47.6 Å². The fourth-order valence-electron chi connectivity index (χ4n) is 1.69. The second-order valence-corrected chi connectivity index (χ2v) is 4.04. The molecular weight excluding hydrogens is 195 g/mol. The maximum atomic E-state index is 12.7. The van der Waals surface area contributed by atoms with Crippen LogP contribution in [0, 0.1) is 5.82 Å². The Hall–Kier alpha value is -1.58. The molecule has 4 heteroatoms. The number of amidine groups is 1. The summed E-state index contributed by atoms with van der Waals surface area (Å²) in [4.78, 5) is 4.22. The van der Waals surface area contributed by atoms with Crippen LogP contribution in [0.25, 0.3) is 0 Å². The first-order valence-corrected chi connectivity index (χ1v) is 4.80. The number of hydrogen-bond donors (Lipinski definition) is 1. The van der Waals surface area contributed by atoms with E-state index in [2.05, 4.69) is 4.99 Å². The highest BCUT2D eigenvalue weighted by Crippen LogP contribution is 2.22. The van der Waals surface area contributed by atoms with E-state index >= 15 is 0 Å². The monoisotopic (exact) mass is 208 g/mol. The fourth-order valence-corrected chi connectivity index (χ4v) is 1.69. The molecule has 0 spiro atoms. The quantitative estimate of drug-likeness (QED) is 0.800. The van der Waals surface area contributed by atoms with Crippen molar-refractivity contribution in [2.45, 2.75) is 18.9 Å². The van der Waals surface area contributed by atoms with Crippen molar-refractivity contribution in [3.8, 4) is 0 Å². The van der Waals surface area contributed by atoms with Crippen LogP contribution in [0.3, 0.4) is 0 Å². The summed E-state index contributed by atoms with van der Waals surface area (Å²) in [5.41, 5.74) is 6.17. The summed E-state index contributed by atoms with van der Waals surface area (Å²) in [6, 6.07) is 6.64. The molecule has 0 fully saturated rings. The van der Waals surface area contributed by atoms with Gasteiger partial charge in [0.2, 0.25) is 0 Å². The highest BCUT2D eigenvalue weighted by atomic mass is 19.1. The Morgan fingerprint density at radius 1 is 1.47 bits per heavy atom. The zero-order valence-corrected chi connectivity index (χ0v) is 8.53. The summed E-state index contributed by atoms with van der Waals surface area (Å²) in [7, 11) is 0. The van der Waals surface area contributed by atoms with Crippen LogP contribution in [0.4, 0.5) is 4.39 Å². The molecule has 0 bridgehead atoms. The van der Waals surface area contributed by atoms with Gasteiger partial charge in [-0.1, -0.05) is 12.1 Å². The van der Waals surface area contributed by atoms with Gasteiger partial charge in [-0.3, -0.25) is 0 Å². The predicted octanol–water partition coefficient (Wildman–Crippen LogP) is 1.47. The van der Waals surface area contributed by atoms with Crippen LogP contribution >= 0.6 is 0 Å². The van der Waals surface area contributed by atoms with Crippen LogP contribution in [0.15, 0.2) is 29.3 Å². The van der Waals surface area contributed by atoms with Gasteiger partial charge in [-0.15, -0.1) is 0 Å². The number of nitrogens with zero attached hydrogens (tertiary/aromatic N) is 1. The summed E-state index contributed by atoms with van der Waals surface area (Å²) in [6.45, 7) is 2.45. The predicted molar refractivity (Wildman–Crippen MR) is 56.1 cm³/mol. The van der Waals surface area contributed by atoms with Crippen molar-refractivity contribution in [1.29, 1.82) is 0 Å². The molecule has 0 aromatic heterocycles. The van der Waals surface area contributed by atoms with Crippen molar-refractivity contribution in [3.63, 3.8) is 0 Å². The number of ether oxygens (including phenoxy) is 1. The molecule has 2 N–H and O–H groups in total. The molecule has 1 aromatic rings. The third-order valence-electron chi connectivity index (χ3n) is 2.41. The summed E-state index contributed by atoms with van der Waals surface area (Å²) in [5.74, 6) is -0.227. The SMILES string of the molecule is CC1(Cc2ccc(F)cc2)COC(N)=N1. The first kappa shape index (κ1) is 9.96. The van der Waals surface area contributed by atoms with E-state index in [1.165, 1.54) is 12.1 Å². The van der Waals surface area contributed by atoms with Crippen LogP contribution < -0.4 is 5.73 Å². The van der Waals surface area contributed by atoms with E-state index in [1.807, 2.05) is 6.92 Å². The van der Waals surface area contributed by atoms with E-state index < -0.39 is 0 Å². The van der Waals surface area contributed by atoms with Gasteiger partial charge in [0.1, 0.15) is 18.0 Å². The van der Waals surface area contributed by atoms with Crippen molar-refractivity contribution < 1.29 is 9.13 Å². The van der Waals surface area contributed by atoms with Gasteiger partial charge >= 0.3 is 0 Å². The first-order chi connectivity index (χ1) is 7.07. The Kier molecular flexibility index (Phi) is 2.34. The van der Waals surface area contributed by atoms with E-state index in [4.69, 9.17) is 10.5 Å². The van der Waals surface area contributed by atoms with Crippen LogP contribution in [-0.4, -0.2) is 18.2 Å². The lowest BCUT2D eigenvalue weighted by atomic mass is 9.95. The Morgan fingerprint density at radius 3 is 2.67 bits per heavy atom. The maximum absolute atomic E-state index is 12.7. The Labute approximate surface area is 87.8 Å². The first-order valence-electron chi connectivity index (χ1n) is 4.80. The lowest BCUT2D eigenvalue weighted by molar-refractivity contribution is 0.263. The van der Waals surface area contributed by atoms with Crippen LogP contribution in [-0.2, 0) is 11.2 Å². The second kappa shape index (κ2) is 3.53. The zero-order chi connectivity index (χ0) is 10.9. The number of hydrogen-bond acceptors (Lipinski definition) is 3. The standard InChI is InChI=1S/C11H13FN2O/c1-11(7-15-10(13)14-11)6-8-2-4-9(12)5-3-8/h2-5H,6-7H2,1H3,(H2,13,14). The number of nitrogens with two attached hydrogens (primary N) is 1. The average molecular weight is 208 g/mol. The van der Waals surface area contributed by atoms with E-state index in [1.54, 1.807) is 12.1 Å². The third kappa shape index (κ3) is 2.26. The number of benzene rings is 1. The van der Waals surface area contributed by atoms with E-state index in [-0.39, 0.29) is 17.4 Å². The minimum Gasteiger partial charge on any atom is -0.463 e. The van der Waals surface area contributed by atoms with Gasteiger partial charge < -0.3 is 10.5 Å². The molecule has 0 radical (unpaired) electrons. The molecule has 1 atom stereocenters. The van der Waals surface area contributed by atoms with Crippen LogP contribution in [0.1, 0.15) is 12.5 Å². The number of rotatable bonds is 2. The number of aliphatic imine (C=N–C) groups is 1. The maximum Gasteiger partial charge on any atom is 0.282 e. The Balaban J connectivity index is 2.12.